The van der Waals surface area contributed by atoms with Crippen LogP contribution in [0.15, 0.2) is 0 Å². The van der Waals surface area contributed by atoms with E-state index in [1.165, 1.54) is 11.9 Å². The molecule has 0 unspecified atom stereocenters. The molecular weight excluding hydrogens is 123 g/mol. The Bertz CT molecular complexity index is 37.1. The van der Waals surface area contributed by atoms with Crippen molar-refractivity contribution in [2.24, 2.45) is 0 Å². The normalized spacial score (nSPS) is 10.3. The van der Waals surface area contributed by atoms with E-state index in [-0.39, 0.29) is 0 Å². The molecule has 0 nitrogen and oxygen atoms in total. The SMILES string of the molecule is CSCCP(C)C. The van der Waals surface area contributed by atoms with E-state index in [2.05, 4.69) is 19.6 Å². The van der Waals surface area contributed by atoms with E-state index in [1.54, 1.807) is 0 Å². The predicted octanol–water partition coefficient (Wildman–Crippen LogP) is 2.09. The van der Waals surface area contributed by atoms with E-state index in [0.29, 0.717) is 7.92 Å². The van der Waals surface area contributed by atoms with Crippen molar-refractivity contribution in [2.75, 3.05) is 31.5 Å². The van der Waals surface area contributed by atoms with Gasteiger partial charge in [-0.15, -0.1) is 7.92 Å². The topological polar surface area (TPSA) is 0 Å². The Kier molecular flexibility index (Phi) is 5.48. The van der Waals surface area contributed by atoms with Crippen molar-refractivity contribution in [2.45, 2.75) is 0 Å². The molecule has 0 aromatic rings. The lowest BCUT2D eigenvalue weighted by atomic mass is 11.0. The van der Waals surface area contributed by atoms with Gasteiger partial charge in [-0.25, -0.2) is 0 Å². The second-order valence-corrected chi connectivity index (χ2v) is 5.39. The Balaban J connectivity index is 2.68. The average molecular weight is 136 g/mol. The molecule has 0 saturated carbocycles. The van der Waals surface area contributed by atoms with E-state index >= 15 is 0 Å². The van der Waals surface area contributed by atoms with Crippen molar-refractivity contribution in [3.05, 3.63) is 0 Å². The maximum atomic E-state index is 2.32. The summed E-state index contributed by atoms with van der Waals surface area (Å²) in [4.78, 5) is 0. The molecule has 0 amide bonds. The lowest BCUT2D eigenvalue weighted by molar-refractivity contribution is 1.52. The van der Waals surface area contributed by atoms with Crippen LogP contribution in [0.5, 0.6) is 0 Å². The maximum absolute atomic E-state index is 2.32. The van der Waals surface area contributed by atoms with Crippen molar-refractivity contribution in [1.29, 1.82) is 0 Å². The monoisotopic (exact) mass is 136 g/mol. The van der Waals surface area contributed by atoms with Gasteiger partial charge in [-0.3, -0.25) is 0 Å². The van der Waals surface area contributed by atoms with Crippen LogP contribution in [0.1, 0.15) is 0 Å². The highest BCUT2D eigenvalue weighted by Gasteiger charge is 1.87. The quantitative estimate of drug-likeness (QED) is 0.535. The van der Waals surface area contributed by atoms with Gasteiger partial charge in [-0.1, -0.05) is 0 Å². The Morgan fingerprint density at radius 3 is 2.14 bits per heavy atom. The Morgan fingerprint density at radius 2 is 2.00 bits per heavy atom. The first-order valence-corrected chi connectivity index (χ1v) is 6.22. The molecule has 0 rings (SSSR count). The second-order valence-electron chi connectivity index (χ2n) is 1.80. The van der Waals surface area contributed by atoms with E-state index < -0.39 is 0 Å². The summed E-state index contributed by atoms with van der Waals surface area (Å²) in [6.45, 7) is 4.65. The Morgan fingerprint density at radius 1 is 1.43 bits per heavy atom. The van der Waals surface area contributed by atoms with Crippen LogP contribution in [-0.4, -0.2) is 31.5 Å². The van der Waals surface area contributed by atoms with Crippen molar-refractivity contribution in [3.8, 4) is 0 Å². The van der Waals surface area contributed by atoms with Crippen LogP contribution in [0, 0.1) is 0 Å². The third-order valence-corrected chi connectivity index (χ3v) is 2.78. The minimum absolute atomic E-state index is 0.373. The minimum Gasteiger partial charge on any atom is -0.165 e. The third-order valence-electron chi connectivity index (χ3n) is 0.743. The fourth-order valence-corrected chi connectivity index (χ4v) is 2.46. The van der Waals surface area contributed by atoms with E-state index in [4.69, 9.17) is 0 Å². The molecule has 0 spiro atoms. The molecule has 0 aromatic heterocycles. The minimum atomic E-state index is 0.373. The summed E-state index contributed by atoms with van der Waals surface area (Å²) in [6, 6.07) is 0. The zero-order chi connectivity index (χ0) is 5.70. The summed E-state index contributed by atoms with van der Waals surface area (Å²) in [6.07, 6.45) is 3.59. The van der Waals surface area contributed by atoms with Gasteiger partial charge < -0.3 is 0 Å². The number of thioether (sulfide) groups is 1. The van der Waals surface area contributed by atoms with Gasteiger partial charge in [0, 0.05) is 0 Å². The highest BCUT2D eigenvalue weighted by atomic mass is 32.2. The summed E-state index contributed by atoms with van der Waals surface area (Å²) in [5.41, 5.74) is 0. The van der Waals surface area contributed by atoms with E-state index in [0.717, 1.165) is 0 Å². The Hall–Kier alpha value is 0.780. The van der Waals surface area contributed by atoms with Crippen LogP contribution in [0.25, 0.3) is 0 Å². The summed E-state index contributed by atoms with van der Waals surface area (Å²) in [5.74, 6) is 1.35. The van der Waals surface area contributed by atoms with Gasteiger partial charge in [0.1, 0.15) is 0 Å². The van der Waals surface area contributed by atoms with Crippen molar-refractivity contribution < 1.29 is 0 Å². The van der Waals surface area contributed by atoms with Crippen molar-refractivity contribution in [3.63, 3.8) is 0 Å². The van der Waals surface area contributed by atoms with Gasteiger partial charge in [0.25, 0.3) is 0 Å². The molecule has 2 heteroatoms. The molecule has 0 aromatic carbocycles. The molecule has 0 fully saturated rings. The van der Waals surface area contributed by atoms with E-state index in [9.17, 15) is 0 Å². The molecule has 0 aliphatic heterocycles. The zero-order valence-electron chi connectivity index (χ0n) is 5.27. The van der Waals surface area contributed by atoms with Crippen LogP contribution >= 0.6 is 19.7 Å². The fraction of sp³-hybridized carbons (Fsp3) is 1.00. The highest BCUT2D eigenvalue weighted by Crippen LogP contribution is 2.24. The van der Waals surface area contributed by atoms with Crippen LogP contribution in [0.3, 0.4) is 0 Å². The highest BCUT2D eigenvalue weighted by molar-refractivity contribution is 7.98. The summed E-state index contributed by atoms with van der Waals surface area (Å²) in [5, 5.41) is 0. The molecule has 0 aliphatic rings. The van der Waals surface area contributed by atoms with Crippen LogP contribution < -0.4 is 0 Å². The molecule has 0 radical (unpaired) electrons. The molecule has 0 bridgehead atoms. The molecule has 0 atom stereocenters. The van der Waals surface area contributed by atoms with Gasteiger partial charge in [0.05, 0.1) is 0 Å². The van der Waals surface area contributed by atoms with Gasteiger partial charge >= 0.3 is 0 Å². The van der Waals surface area contributed by atoms with Gasteiger partial charge in [-0.05, 0) is 31.5 Å². The van der Waals surface area contributed by atoms with Crippen LogP contribution in [-0.2, 0) is 0 Å². The Labute approximate surface area is 51.8 Å². The number of hydrogen-bond acceptors (Lipinski definition) is 1. The standard InChI is InChI=1S/C5H13PS/c1-6(2)4-5-7-3/h4-5H2,1-3H3. The number of hydrogen-bond donors (Lipinski definition) is 0. The van der Waals surface area contributed by atoms with Crippen molar-refractivity contribution >= 4 is 19.7 Å². The van der Waals surface area contributed by atoms with Crippen LogP contribution in [0.4, 0.5) is 0 Å². The molecule has 0 aliphatic carbocycles. The molecule has 44 valence electrons. The average Bonchev–Trinajstić information content (AvgIpc) is 1.61. The van der Waals surface area contributed by atoms with Gasteiger partial charge in [0.15, 0.2) is 0 Å². The number of rotatable bonds is 3. The maximum Gasteiger partial charge on any atom is -0.00311 e. The summed E-state index contributed by atoms with van der Waals surface area (Å²) in [7, 11) is 0.373. The first kappa shape index (κ1) is 7.78. The predicted molar refractivity (Wildman–Crippen MR) is 42.0 cm³/mol. The van der Waals surface area contributed by atoms with E-state index in [1.807, 2.05) is 11.8 Å². The van der Waals surface area contributed by atoms with Crippen LogP contribution in [0.2, 0.25) is 0 Å². The first-order chi connectivity index (χ1) is 3.27. The molecule has 7 heavy (non-hydrogen) atoms. The molecule has 0 saturated heterocycles. The lowest BCUT2D eigenvalue weighted by Gasteiger charge is -2.00. The zero-order valence-corrected chi connectivity index (χ0v) is 6.98. The first-order valence-electron chi connectivity index (χ1n) is 2.41. The molecule has 0 N–H and O–H groups in total. The largest absolute Gasteiger partial charge is 0.165 e. The lowest BCUT2D eigenvalue weighted by Crippen LogP contribution is -1.82. The van der Waals surface area contributed by atoms with Crippen molar-refractivity contribution in [1.82, 2.24) is 0 Å². The summed E-state index contributed by atoms with van der Waals surface area (Å²) >= 11 is 1.95. The molecule has 0 heterocycles. The summed E-state index contributed by atoms with van der Waals surface area (Å²) < 4.78 is 0. The second kappa shape index (κ2) is 4.93. The smallest absolute Gasteiger partial charge is 0.00311 e. The fourth-order valence-electron chi connectivity index (χ4n) is 0.274. The van der Waals surface area contributed by atoms with Gasteiger partial charge in [0.2, 0.25) is 0 Å². The molecular formula is C5H13PS. The van der Waals surface area contributed by atoms with Gasteiger partial charge in [-0.2, -0.15) is 11.8 Å². The third kappa shape index (κ3) is 6.78.